The Morgan fingerprint density at radius 1 is 1.25 bits per heavy atom. The summed E-state index contributed by atoms with van der Waals surface area (Å²) in [5.41, 5.74) is 3.67. The van der Waals surface area contributed by atoms with E-state index in [2.05, 4.69) is 48.3 Å². The predicted molar refractivity (Wildman–Crippen MR) is 85.4 cm³/mol. The second-order valence-electron chi connectivity index (χ2n) is 5.49. The van der Waals surface area contributed by atoms with Crippen molar-refractivity contribution < 1.29 is 4.74 Å². The summed E-state index contributed by atoms with van der Waals surface area (Å²) < 4.78 is 5.51. The number of hydrogen-bond donors (Lipinski definition) is 1. The van der Waals surface area contributed by atoms with Crippen molar-refractivity contribution >= 4 is 6.08 Å². The van der Waals surface area contributed by atoms with Crippen LogP contribution in [0.1, 0.15) is 23.1 Å². The van der Waals surface area contributed by atoms with Crippen molar-refractivity contribution in [3.8, 4) is 5.75 Å². The van der Waals surface area contributed by atoms with Crippen LogP contribution in [0.4, 0.5) is 0 Å². The summed E-state index contributed by atoms with van der Waals surface area (Å²) >= 11 is 0. The van der Waals surface area contributed by atoms with E-state index in [4.69, 9.17) is 4.74 Å². The van der Waals surface area contributed by atoms with Gasteiger partial charge in [0.05, 0.1) is 7.11 Å². The van der Waals surface area contributed by atoms with Crippen LogP contribution < -0.4 is 10.1 Å². The highest BCUT2D eigenvalue weighted by atomic mass is 16.5. The highest BCUT2D eigenvalue weighted by Gasteiger charge is 2.08. The first kappa shape index (κ1) is 15.1. The van der Waals surface area contributed by atoms with Crippen molar-refractivity contribution in [2.75, 3.05) is 39.8 Å². The van der Waals surface area contributed by atoms with Gasteiger partial charge in [-0.1, -0.05) is 23.8 Å². The molecular formula is C17H26N2O. The molecule has 1 fully saturated rings. The third kappa shape index (κ3) is 4.09. The number of ether oxygens (including phenoxy) is 1. The summed E-state index contributed by atoms with van der Waals surface area (Å²) in [4.78, 5) is 2.51. The number of benzene rings is 1. The monoisotopic (exact) mass is 274 g/mol. The fourth-order valence-electron chi connectivity index (χ4n) is 2.79. The molecule has 1 aromatic rings. The third-order valence-electron chi connectivity index (χ3n) is 3.77. The molecule has 1 aliphatic rings. The Bertz CT molecular complexity index is 462. The van der Waals surface area contributed by atoms with Gasteiger partial charge < -0.3 is 15.0 Å². The molecule has 110 valence electrons. The Labute approximate surface area is 122 Å². The van der Waals surface area contributed by atoms with Crippen LogP contribution in [-0.2, 0) is 0 Å². The van der Waals surface area contributed by atoms with Gasteiger partial charge in [0.1, 0.15) is 5.75 Å². The molecule has 0 radical (unpaired) electrons. The minimum atomic E-state index is 0.994. The lowest BCUT2D eigenvalue weighted by Gasteiger charge is -2.26. The number of rotatable bonds is 5. The zero-order chi connectivity index (χ0) is 14.4. The van der Waals surface area contributed by atoms with E-state index in [1.54, 1.807) is 7.11 Å². The zero-order valence-electron chi connectivity index (χ0n) is 12.9. The summed E-state index contributed by atoms with van der Waals surface area (Å²) in [6.07, 6.45) is 5.55. The molecule has 0 aliphatic carbocycles. The molecule has 0 aromatic heterocycles. The lowest BCUT2D eigenvalue weighted by molar-refractivity contribution is 0.245. The molecule has 1 aliphatic heterocycles. The van der Waals surface area contributed by atoms with Gasteiger partial charge >= 0.3 is 0 Å². The smallest absolute Gasteiger partial charge is 0.128 e. The number of hydrogen-bond acceptors (Lipinski definition) is 3. The van der Waals surface area contributed by atoms with Crippen LogP contribution in [0.3, 0.4) is 0 Å². The Morgan fingerprint density at radius 2 is 2.00 bits per heavy atom. The van der Waals surface area contributed by atoms with Crippen LogP contribution in [0, 0.1) is 13.8 Å². The van der Waals surface area contributed by atoms with Crippen LogP contribution >= 0.6 is 0 Å². The standard InChI is InChI=1S/C17H26N2O/c1-14-12-15(2)17(20-3)16(13-14)6-4-5-9-19-10-7-18-8-11-19/h4,6,12-13,18H,5,7-11H2,1-3H3/b6-4+. The average Bonchev–Trinajstić information content (AvgIpc) is 2.44. The molecule has 0 amide bonds. The average molecular weight is 274 g/mol. The fourth-order valence-corrected chi connectivity index (χ4v) is 2.79. The number of nitrogens with one attached hydrogen (secondary N) is 1. The van der Waals surface area contributed by atoms with Crippen molar-refractivity contribution in [2.45, 2.75) is 20.3 Å². The van der Waals surface area contributed by atoms with Crippen LogP contribution in [0.25, 0.3) is 6.08 Å². The molecule has 1 aromatic carbocycles. The van der Waals surface area contributed by atoms with Gasteiger partial charge in [0, 0.05) is 38.3 Å². The second kappa shape index (κ2) is 7.46. The number of methoxy groups -OCH3 is 1. The van der Waals surface area contributed by atoms with E-state index < -0.39 is 0 Å². The summed E-state index contributed by atoms with van der Waals surface area (Å²) in [7, 11) is 1.75. The summed E-state index contributed by atoms with van der Waals surface area (Å²) in [5.74, 6) is 0.994. The van der Waals surface area contributed by atoms with Crippen LogP contribution in [0.2, 0.25) is 0 Å². The van der Waals surface area contributed by atoms with Gasteiger partial charge in [0.2, 0.25) is 0 Å². The molecule has 1 heterocycles. The number of nitrogens with zero attached hydrogens (tertiary/aromatic N) is 1. The Morgan fingerprint density at radius 3 is 2.70 bits per heavy atom. The summed E-state index contributed by atoms with van der Waals surface area (Å²) in [5, 5.41) is 3.38. The van der Waals surface area contributed by atoms with E-state index in [0.29, 0.717) is 0 Å². The van der Waals surface area contributed by atoms with E-state index in [1.165, 1.54) is 29.8 Å². The van der Waals surface area contributed by atoms with Gasteiger partial charge in [-0.15, -0.1) is 0 Å². The minimum Gasteiger partial charge on any atom is -0.496 e. The molecule has 1 saturated heterocycles. The van der Waals surface area contributed by atoms with Gasteiger partial charge in [-0.25, -0.2) is 0 Å². The Hall–Kier alpha value is -1.32. The lowest BCUT2D eigenvalue weighted by Crippen LogP contribution is -2.43. The van der Waals surface area contributed by atoms with Crippen molar-refractivity contribution in [1.29, 1.82) is 0 Å². The number of piperazine rings is 1. The topological polar surface area (TPSA) is 24.5 Å². The maximum absolute atomic E-state index is 5.51. The maximum Gasteiger partial charge on any atom is 0.128 e. The van der Waals surface area contributed by atoms with E-state index >= 15 is 0 Å². The molecule has 0 unspecified atom stereocenters. The SMILES string of the molecule is COc1c(C)cc(C)cc1/C=C/CCN1CCNCC1. The molecular weight excluding hydrogens is 248 g/mol. The molecule has 0 bridgehead atoms. The molecule has 3 heteroatoms. The maximum atomic E-state index is 5.51. The van der Waals surface area contributed by atoms with Gasteiger partial charge in [-0.2, -0.15) is 0 Å². The Kier molecular flexibility index (Phi) is 5.62. The fraction of sp³-hybridized carbons (Fsp3) is 0.529. The van der Waals surface area contributed by atoms with E-state index in [0.717, 1.165) is 31.8 Å². The molecule has 3 nitrogen and oxygen atoms in total. The zero-order valence-corrected chi connectivity index (χ0v) is 12.9. The second-order valence-corrected chi connectivity index (χ2v) is 5.49. The largest absolute Gasteiger partial charge is 0.496 e. The molecule has 1 N–H and O–H groups in total. The summed E-state index contributed by atoms with van der Waals surface area (Å²) in [6, 6.07) is 4.35. The minimum absolute atomic E-state index is 0.994. The van der Waals surface area contributed by atoms with E-state index in [-0.39, 0.29) is 0 Å². The predicted octanol–water partition coefficient (Wildman–Crippen LogP) is 2.62. The van der Waals surface area contributed by atoms with Crippen molar-refractivity contribution in [3.63, 3.8) is 0 Å². The number of aryl methyl sites for hydroxylation is 2. The Balaban J connectivity index is 1.93. The normalized spacial score (nSPS) is 16.8. The van der Waals surface area contributed by atoms with Gasteiger partial charge in [0.15, 0.2) is 0 Å². The van der Waals surface area contributed by atoms with Gasteiger partial charge in [0.25, 0.3) is 0 Å². The highest BCUT2D eigenvalue weighted by Crippen LogP contribution is 2.26. The first-order valence-corrected chi connectivity index (χ1v) is 7.45. The quantitative estimate of drug-likeness (QED) is 0.893. The van der Waals surface area contributed by atoms with Crippen LogP contribution in [0.15, 0.2) is 18.2 Å². The highest BCUT2D eigenvalue weighted by molar-refractivity contribution is 5.61. The van der Waals surface area contributed by atoms with E-state index in [9.17, 15) is 0 Å². The van der Waals surface area contributed by atoms with Crippen molar-refractivity contribution in [1.82, 2.24) is 10.2 Å². The first-order valence-electron chi connectivity index (χ1n) is 7.45. The van der Waals surface area contributed by atoms with Crippen LogP contribution in [0.5, 0.6) is 5.75 Å². The molecule has 2 rings (SSSR count). The lowest BCUT2D eigenvalue weighted by atomic mass is 10.0. The van der Waals surface area contributed by atoms with Crippen molar-refractivity contribution in [3.05, 3.63) is 34.9 Å². The molecule has 20 heavy (non-hydrogen) atoms. The van der Waals surface area contributed by atoms with E-state index in [1.807, 2.05) is 0 Å². The first-order chi connectivity index (χ1) is 9.70. The molecule has 0 saturated carbocycles. The van der Waals surface area contributed by atoms with Crippen molar-refractivity contribution in [2.24, 2.45) is 0 Å². The third-order valence-corrected chi connectivity index (χ3v) is 3.77. The molecule has 0 spiro atoms. The summed E-state index contributed by atoms with van der Waals surface area (Å²) in [6.45, 7) is 9.95. The van der Waals surface area contributed by atoms with Crippen LogP contribution in [-0.4, -0.2) is 44.7 Å². The van der Waals surface area contributed by atoms with Gasteiger partial charge in [-0.3, -0.25) is 0 Å². The van der Waals surface area contributed by atoms with Gasteiger partial charge in [-0.05, 0) is 31.9 Å². The molecule has 0 atom stereocenters.